The molecule has 0 spiro atoms. The minimum absolute atomic E-state index is 0.160. The molecule has 5 nitrogen and oxygen atoms in total. The summed E-state index contributed by atoms with van der Waals surface area (Å²) in [5, 5.41) is 12.7. The van der Waals surface area contributed by atoms with Gasteiger partial charge < -0.3 is 15.2 Å². The molecule has 15 heavy (non-hydrogen) atoms. The van der Waals surface area contributed by atoms with Crippen LogP contribution in [0.1, 0.15) is 0 Å². The largest absolute Gasteiger partial charge is 0.388 e. The highest BCUT2D eigenvalue weighted by Gasteiger charge is 2.26. The third kappa shape index (κ3) is 2.57. The monoisotopic (exact) mass is 293 g/mol. The molecule has 0 unspecified atom stereocenters. The molecule has 1 saturated heterocycles. The van der Waals surface area contributed by atoms with Crippen LogP contribution in [0.3, 0.4) is 0 Å². The third-order valence-corrected chi connectivity index (χ3v) is 2.85. The number of anilines is 1. The fourth-order valence-electron chi connectivity index (χ4n) is 1.30. The molecule has 0 radical (unpaired) electrons. The Bertz CT molecular complexity index is 366. The number of ether oxygens (including phenoxy) is 1. The summed E-state index contributed by atoms with van der Waals surface area (Å²) in [6.45, 7) is 0.795. The van der Waals surface area contributed by atoms with E-state index >= 15 is 0 Å². The molecule has 1 aliphatic heterocycles. The minimum atomic E-state index is -0.523. The fraction of sp³-hybridized carbons (Fsp3) is 0.500. The molecule has 7 heteroatoms. The lowest BCUT2D eigenvalue weighted by Crippen LogP contribution is -2.32. The molecule has 0 aromatic carbocycles. The van der Waals surface area contributed by atoms with Gasteiger partial charge in [0.2, 0.25) is 5.28 Å². The van der Waals surface area contributed by atoms with Crippen LogP contribution in [0.5, 0.6) is 0 Å². The molecule has 0 bridgehead atoms. The van der Waals surface area contributed by atoms with Crippen molar-refractivity contribution in [2.45, 2.75) is 12.1 Å². The van der Waals surface area contributed by atoms with Crippen molar-refractivity contribution in [1.29, 1.82) is 0 Å². The summed E-state index contributed by atoms with van der Waals surface area (Å²) in [5.74, 6) is 0.560. The number of hydrogen-bond donors (Lipinski definition) is 2. The van der Waals surface area contributed by atoms with Crippen LogP contribution in [-0.2, 0) is 4.74 Å². The highest BCUT2D eigenvalue weighted by Crippen LogP contribution is 2.22. The summed E-state index contributed by atoms with van der Waals surface area (Å²) in [6.07, 6.45) is 1.03. The Labute approximate surface area is 100.0 Å². The van der Waals surface area contributed by atoms with Gasteiger partial charge in [-0.2, -0.15) is 4.98 Å². The average Bonchev–Trinajstić information content (AvgIpc) is 2.58. The smallest absolute Gasteiger partial charge is 0.224 e. The second kappa shape index (κ2) is 4.61. The Morgan fingerprint density at radius 2 is 2.40 bits per heavy atom. The van der Waals surface area contributed by atoms with Crippen LogP contribution in [0.25, 0.3) is 0 Å². The lowest BCUT2D eigenvalue weighted by atomic mass is 10.2. The lowest BCUT2D eigenvalue weighted by molar-refractivity contribution is 0.125. The van der Waals surface area contributed by atoms with Crippen molar-refractivity contribution >= 4 is 33.3 Å². The highest BCUT2D eigenvalue weighted by molar-refractivity contribution is 9.10. The van der Waals surface area contributed by atoms with Crippen LogP contribution in [0, 0.1) is 0 Å². The molecule has 82 valence electrons. The topological polar surface area (TPSA) is 67.3 Å². The van der Waals surface area contributed by atoms with Crippen molar-refractivity contribution in [1.82, 2.24) is 9.97 Å². The lowest BCUT2D eigenvalue weighted by Gasteiger charge is -2.15. The summed E-state index contributed by atoms with van der Waals surface area (Å²) in [7, 11) is 0. The molecular weight excluding hydrogens is 285 g/mol. The number of aliphatic hydroxyl groups excluding tert-OH is 1. The molecule has 2 heterocycles. The molecule has 0 aliphatic carbocycles. The van der Waals surface area contributed by atoms with Crippen LogP contribution in [0.15, 0.2) is 10.7 Å². The molecule has 2 N–H and O–H groups in total. The maximum Gasteiger partial charge on any atom is 0.224 e. The van der Waals surface area contributed by atoms with Crippen LogP contribution in [0.2, 0.25) is 5.28 Å². The zero-order chi connectivity index (χ0) is 10.8. The van der Waals surface area contributed by atoms with Gasteiger partial charge in [-0.25, -0.2) is 4.98 Å². The van der Waals surface area contributed by atoms with Crippen LogP contribution >= 0.6 is 27.5 Å². The Hall–Kier alpha value is -0.430. The summed E-state index contributed by atoms with van der Waals surface area (Å²) >= 11 is 8.95. The van der Waals surface area contributed by atoms with Gasteiger partial charge in [0.15, 0.2) is 0 Å². The fourth-order valence-corrected chi connectivity index (χ4v) is 1.74. The van der Waals surface area contributed by atoms with Crippen molar-refractivity contribution in [2.75, 3.05) is 18.5 Å². The van der Waals surface area contributed by atoms with Gasteiger partial charge in [0.25, 0.3) is 0 Å². The number of nitrogens with zero attached hydrogens (tertiary/aromatic N) is 2. The molecule has 0 amide bonds. The van der Waals surface area contributed by atoms with Crippen molar-refractivity contribution in [2.24, 2.45) is 0 Å². The first-order valence-electron chi connectivity index (χ1n) is 4.37. The zero-order valence-electron chi connectivity index (χ0n) is 7.65. The zero-order valence-corrected chi connectivity index (χ0v) is 9.99. The summed E-state index contributed by atoms with van der Waals surface area (Å²) in [5.41, 5.74) is 0. The van der Waals surface area contributed by atoms with E-state index in [-0.39, 0.29) is 11.3 Å². The maximum atomic E-state index is 9.53. The normalized spacial score (nSPS) is 25.5. The number of rotatable bonds is 2. The average molecular weight is 295 g/mol. The quantitative estimate of drug-likeness (QED) is 0.799. The highest BCUT2D eigenvalue weighted by atomic mass is 79.9. The molecule has 1 aromatic rings. The molecule has 1 fully saturated rings. The second-order valence-electron chi connectivity index (χ2n) is 3.19. The predicted octanol–water partition coefficient (Wildman–Crippen LogP) is 1.06. The van der Waals surface area contributed by atoms with Gasteiger partial charge >= 0.3 is 0 Å². The van der Waals surface area contributed by atoms with E-state index in [0.29, 0.717) is 23.5 Å². The van der Waals surface area contributed by atoms with Crippen molar-refractivity contribution in [3.8, 4) is 0 Å². The van der Waals surface area contributed by atoms with Crippen LogP contribution < -0.4 is 5.32 Å². The van der Waals surface area contributed by atoms with Gasteiger partial charge in [0.05, 0.1) is 29.8 Å². The number of nitrogens with one attached hydrogen (secondary N) is 1. The van der Waals surface area contributed by atoms with E-state index in [2.05, 4.69) is 31.2 Å². The van der Waals surface area contributed by atoms with Gasteiger partial charge in [-0.3, -0.25) is 0 Å². The van der Waals surface area contributed by atoms with Gasteiger partial charge in [0, 0.05) is 6.20 Å². The van der Waals surface area contributed by atoms with Gasteiger partial charge in [0.1, 0.15) is 5.82 Å². The number of halogens is 2. The van der Waals surface area contributed by atoms with E-state index in [4.69, 9.17) is 16.3 Å². The van der Waals surface area contributed by atoms with Gasteiger partial charge in [-0.15, -0.1) is 0 Å². The van der Waals surface area contributed by atoms with Crippen LogP contribution in [0.4, 0.5) is 5.82 Å². The van der Waals surface area contributed by atoms with Crippen LogP contribution in [-0.4, -0.2) is 40.4 Å². The maximum absolute atomic E-state index is 9.53. The number of aliphatic hydroxyl groups is 1. The minimum Gasteiger partial charge on any atom is -0.388 e. The first-order valence-corrected chi connectivity index (χ1v) is 5.54. The molecular formula is C8H9BrClN3O2. The Morgan fingerprint density at radius 1 is 1.60 bits per heavy atom. The van der Waals surface area contributed by atoms with Gasteiger partial charge in [-0.1, -0.05) is 0 Å². The van der Waals surface area contributed by atoms with Crippen molar-refractivity contribution < 1.29 is 9.84 Å². The molecule has 2 atom stereocenters. The van der Waals surface area contributed by atoms with Gasteiger partial charge in [-0.05, 0) is 27.5 Å². The van der Waals surface area contributed by atoms with E-state index < -0.39 is 6.10 Å². The SMILES string of the molecule is O[C@@H]1COC[C@H]1Nc1nc(Cl)ncc1Br. The number of aromatic nitrogens is 2. The first-order chi connectivity index (χ1) is 7.16. The molecule has 1 aromatic heterocycles. The van der Waals surface area contributed by atoms with E-state index in [1.807, 2.05) is 0 Å². The third-order valence-electron chi connectivity index (χ3n) is 2.09. The van der Waals surface area contributed by atoms with Crippen molar-refractivity contribution in [3.05, 3.63) is 16.0 Å². The van der Waals surface area contributed by atoms with E-state index in [1.165, 1.54) is 0 Å². The van der Waals surface area contributed by atoms with E-state index in [9.17, 15) is 5.11 Å². The second-order valence-corrected chi connectivity index (χ2v) is 4.38. The Kier molecular flexibility index (Phi) is 3.40. The van der Waals surface area contributed by atoms with E-state index in [1.54, 1.807) is 6.20 Å². The Balaban J connectivity index is 2.12. The number of hydrogen-bond acceptors (Lipinski definition) is 5. The summed E-state index contributed by atoms with van der Waals surface area (Å²) < 4.78 is 5.81. The molecule has 1 aliphatic rings. The molecule has 2 rings (SSSR count). The molecule has 0 saturated carbocycles. The van der Waals surface area contributed by atoms with E-state index in [0.717, 1.165) is 0 Å². The standard InChI is InChI=1S/C8H9BrClN3O2/c9-4-1-11-8(10)13-7(4)12-5-2-15-3-6(5)14/h1,5-6,14H,2-3H2,(H,11,12,13)/t5-,6-/m1/s1. The summed E-state index contributed by atoms with van der Waals surface area (Å²) in [4.78, 5) is 7.81. The first kappa shape index (κ1) is 11.1. The predicted molar refractivity (Wildman–Crippen MR) is 59.0 cm³/mol. The Morgan fingerprint density at radius 3 is 3.07 bits per heavy atom. The van der Waals surface area contributed by atoms with Crippen molar-refractivity contribution in [3.63, 3.8) is 0 Å². The summed E-state index contributed by atoms with van der Waals surface area (Å²) in [6, 6.07) is -0.160.